The Labute approximate surface area is 348 Å². The van der Waals surface area contributed by atoms with E-state index in [0.717, 1.165) is 56.6 Å². The Bertz CT molecular complexity index is 2370. The Morgan fingerprint density at radius 1 is 0.869 bits per heavy atom. The van der Waals surface area contributed by atoms with Gasteiger partial charge in [0.05, 0.1) is 23.1 Å². The number of anilines is 1. The molecular weight excluding hydrogens is 804 g/mol. The number of imidazole rings is 1. The highest BCUT2D eigenvalue weighted by Gasteiger charge is 2.38. The van der Waals surface area contributed by atoms with Gasteiger partial charge in [-0.05, 0) is 101 Å². The van der Waals surface area contributed by atoms with Crippen molar-refractivity contribution in [3.8, 4) is 11.1 Å². The van der Waals surface area contributed by atoms with Crippen molar-refractivity contribution >= 4 is 35.0 Å². The molecule has 0 aliphatic carbocycles. The first-order valence-corrected chi connectivity index (χ1v) is 20.6. The van der Waals surface area contributed by atoms with Crippen LogP contribution in [0.3, 0.4) is 0 Å². The average Bonchev–Trinajstić information content (AvgIpc) is 3.88. The summed E-state index contributed by atoms with van der Waals surface area (Å²) in [4.78, 5) is 64.4. The molecule has 4 amide bonds. The minimum Gasteiger partial charge on any atom is -0.386 e. The maximum absolute atomic E-state index is 15.2. The highest BCUT2D eigenvalue weighted by atomic mass is 19.4. The maximum Gasteiger partial charge on any atom is 0.433 e. The van der Waals surface area contributed by atoms with Crippen LogP contribution in [0.15, 0.2) is 42.7 Å². The predicted molar refractivity (Wildman–Crippen MR) is 212 cm³/mol. The molecule has 4 fully saturated rings. The minimum absolute atomic E-state index is 0.00569. The van der Waals surface area contributed by atoms with Crippen molar-refractivity contribution in [2.24, 2.45) is 11.7 Å². The van der Waals surface area contributed by atoms with E-state index in [2.05, 4.69) is 15.2 Å². The first-order valence-electron chi connectivity index (χ1n) is 20.6. The zero-order chi connectivity index (χ0) is 43.5. The third kappa shape index (κ3) is 8.43. The Hall–Kier alpha value is -5.49. The lowest BCUT2D eigenvalue weighted by Gasteiger charge is -2.42. The van der Waals surface area contributed by atoms with Crippen LogP contribution in [0.4, 0.5) is 27.6 Å². The van der Waals surface area contributed by atoms with E-state index in [1.165, 1.54) is 26.0 Å². The van der Waals surface area contributed by atoms with Crippen LogP contribution in [0.5, 0.6) is 0 Å². The quantitative estimate of drug-likeness (QED) is 0.159. The van der Waals surface area contributed by atoms with E-state index in [1.54, 1.807) is 21.6 Å². The van der Waals surface area contributed by atoms with E-state index in [9.17, 15) is 37.5 Å². The maximum atomic E-state index is 15.2. The van der Waals surface area contributed by atoms with Crippen molar-refractivity contribution in [3.05, 3.63) is 82.6 Å². The number of halogens is 5. The molecule has 4 N–H and O–H groups in total. The SMILES string of the molecule is CC(C)(O)c1cc2nc(C3CCN(C4CCN(C(=O)[C@@H]5CCN(c6cc(F)c([C@H]7CCC(=O)NC7=O)c(F)c6)C5)CC4)CC3)cn2cc1-c1ccc(C(F)(F)F)nc1C(N)=O. The van der Waals surface area contributed by atoms with Crippen molar-refractivity contribution in [2.75, 3.05) is 44.2 Å². The number of amides is 4. The number of imide groups is 1. The Kier molecular flexibility index (Phi) is 11.1. The molecule has 4 aromatic rings. The number of carbonyl (C=O) groups excluding carboxylic acids is 4. The largest absolute Gasteiger partial charge is 0.433 e. The number of fused-ring (bicyclic) bond motifs is 1. The monoisotopic (exact) mass is 850 g/mol. The standard InChI is InChI=1S/C43H47F5N8O5/c1-42(2,61)30-19-35-50-33(22-56(35)21-29(30)27-3-5-34(43(46,47)48)51-38(27)39(49)58)23-7-12-53(13-8-23)25-10-15-54(16-11-25)41(60)24-9-14-55(20-24)26-17-31(44)37(32(45)18-26)28-4-6-36(57)52-40(28)59/h3,5,17-19,21-25,28,61H,4,6-16,20H2,1-2H3,(H2,49,58)(H,52,57,59)/t24-,28-/m1/s1. The minimum atomic E-state index is -4.79. The third-order valence-electron chi connectivity index (χ3n) is 12.8. The van der Waals surface area contributed by atoms with Gasteiger partial charge in [0.2, 0.25) is 17.7 Å². The lowest BCUT2D eigenvalue weighted by atomic mass is 9.89. The van der Waals surface area contributed by atoms with Gasteiger partial charge in [-0.3, -0.25) is 24.5 Å². The van der Waals surface area contributed by atoms with E-state index in [1.807, 2.05) is 11.1 Å². The summed E-state index contributed by atoms with van der Waals surface area (Å²) >= 11 is 0. The van der Waals surface area contributed by atoms with Crippen LogP contribution in [0.25, 0.3) is 16.8 Å². The van der Waals surface area contributed by atoms with Gasteiger partial charge >= 0.3 is 6.18 Å². The number of benzene rings is 1. The molecule has 3 aromatic heterocycles. The summed E-state index contributed by atoms with van der Waals surface area (Å²) in [6.07, 6.45) is 2.59. The fourth-order valence-electron chi connectivity index (χ4n) is 9.51. The first-order chi connectivity index (χ1) is 28.8. The van der Waals surface area contributed by atoms with Gasteiger partial charge < -0.3 is 29.9 Å². The molecule has 4 aliphatic heterocycles. The Morgan fingerprint density at radius 3 is 2.18 bits per heavy atom. The van der Waals surface area contributed by atoms with Crippen molar-refractivity contribution in [2.45, 2.75) is 88.4 Å². The molecule has 18 heteroatoms. The molecule has 61 heavy (non-hydrogen) atoms. The van der Waals surface area contributed by atoms with Gasteiger partial charge in [-0.25, -0.2) is 18.7 Å². The molecular formula is C43H47F5N8O5. The molecule has 0 bridgehead atoms. The van der Waals surface area contributed by atoms with Crippen molar-refractivity contribution in [1.82, 2.24) is 29.5 Å². The van der Waals surface area contributed by atoms with Gasteiger partial charge in [0.15, 0.2) is 0 Å². The van der Waals surface area contributed by atoms with Crippen LogP contribution < -0.4 is 16.0 Å². The molecule has 2 atom stereocenters. The molecule has 0 spiro atoms. The number of nitrogens with zero attached hydrogens (tertiary/aromatic N) is 6. The molecule has 8 rings (SSSR count). The van der Waals surface area contributed by atoms with E-state index < -0.39 is 58.4 Å². The predicted octanol–water partition coefficient (Wildman–Crippen LogP) is 5.24. The normalized spacial score (nSPS) is 21.4. The summed E-state index contributed by atoms with van der Waals surface area (Å²) < 4.78 is 72.6. The Balaban J connectivity index is 0.873. The number of carbonyl (C=O) groups is 4. The summed E-state index contributed by atoms with van der Waals surface area (Å²) in [5, 5.41) is 13.3. The molecule has 324 valence electrons. The van der Waals surface area contributed by atoms with Crippen LogP contribution in [0.1, 0.15) is 104 Å². The Morgan fingerprint density at radius 2 is 1.56 bits per heavy atom. The van der Waals surface area contributed by atoms with E-state index in [4.69, 9.17) is 10.7 Å². The van der Waals surface area contributed by atoms with E-state index in [0.29, 0.717) is 61.1 Å². The molecule has 0 saturated carbocycles. The number of nitrogens with one attached hydrogen (secondary N) is 1. The molecule has 1 aromatic carbocycles. The number of rotatable bonds is 8. The third-order valence-corrected chi connectivity index (χ3v) is 12.8. The number of aromatic nitrogens is 3. The summed E-state index contributed by atoms with van der Waals surface area (Å²) in [7, 11) is 0. The van der Waals surface area contributed by atoms with Gasteiger partial charge in [-0.1, -0.05) is 0 Å². The second-order valence-electron chi connectivity index (χ2n) is 17.2. The lowest BCUT2D eigenvalue weighted by Crippen LogP contribution is -2.50. The molecule has 4 aliphatic rings. The lowest BCUT2D eigenvalue weighted by molar-refractivity contribution is -0.141. The number of hydrogen-bond donors (Lipinski definition) is 3. The summed E-state index contributed by atoms with van der Waals surface area (Å²) in [6, 6.07) is 6.29. The number of alkyl halides is 3. The zero-order valence-electron chi connectivity index (χ0n) is 33.8. The van der Waals surface area contributed by atoms with Crippen LogP contribution in [0, 0.1) is 17.6 Å². The fraction of sp³-hybridized carbons (Fsp3) is 0.488. The van der Waals surface area contributed by atoms with Crippen molar-refractivity contribution in [1.29, 1.82) is 0 Å². The smallest absolute Gasteiger partial charge is 0.386 e. The molecule has 0 radical (unpaired) electrons. The highest BCUT2D eigenvalue weighted by Crippen LogP contribution is 2.39. The van der Waals surface area contributed by atoms with Gasteiger partial charge in [0.1, 0.15) is 28.7 Å². The number of pyridine rings is 2. The summed E-state index contributed by atoms with van der Waals surface area (Å²) in [6.45, 7) is 6.71. The number of primary amides is 1. The van der Waals surface area contributed by atoms with Gasteiger partial charge in [-0.2, -0.15) is 13.2 Å². The molecule has 13 nitrogen and oxygen atoms in total. The number of likely N-dealkylation sites (tertiary alicyclic amines) is 2. The van der Waals surface area contributed by atoms with E-state index >= 15 is 8.78 Å². The van der Waals surface area contributed by atoms with Gasteiger partial charge in [0, 0.05) is 79.3 Å². The number of nitrogens with two attached hydrogens (primary N) is 1. The van der Waals surface area contributed by atoms with Crippen LogP contribution in [-0.2, 0) is 26.2 Å². The van der Waals surface area contributed by atoms with Crippen LogP contribution in [-0.4, -0.2) is 98.2 Å². The van der Waals surface area contributed by atoms with Crippen molar-refractivity contribution < 1.29 is 46.2 Å². The second kappa shape index (κ2) is 16.1. The van der Waals surface area contributed by atoms with Gasteiger partial charge in [0.25, 0.3) is 5.91 Å². The average molecular weight is 851 g/mol. The summed E-state index contributed by atoms with van der Waals surface area (Å²) in [5.41, 5.74) is 4.26. The topological polar surface area (TPSA) is 166 Å². The number of aliphatic hydroxyl groups is 1. The highest BCUT2D eigenvalue weighted by molar-refractivity contribution is 6.01. The van der Waals surface area contributed by atoms with Crippen molar-refractivity contribution in [3.63, 3.8) is 0 Å². The number of piperidine rings is 3. The number of hydrogen-bond acceptors (Lipinski definition) is 9. The first kappa shape index (κ1) is 42.2. The van der Waals surface area contributed by atoms with Crippen LogP contribution >= 0.6 is 0 Å². The van der Waals surface area contributed by atoms with E-state index in [-0.39, 0.29) is 41.7 Å². The summed E-state index contributed by atoms with van der Waals surface area (Å²) in [5.74, 6) is -5.25. The van der Waals surface area contributed by atoms with Crippen LogP contribution in [0.2, 0.25) is 0 Å². The molecule has 4 saturated heterocycles. The second-order valence-corrected chi connectivity index (χ2v) is 17.2. The fourth-order valence-corrected chi connectivity index (χ4v) is 9.51. The molecule has 7 heterocycles. The molecule has 0 unspecified atom stereocenters. The zero-order valence-corrected chi connectivity index (χ0v) is 33.8. The van der Waals surface area contributed by atoms with Gasteiger partial charge in [-0.15, -0.1) is 0 Å².